The van der Waals surface area contributed by atoms with E-state index in [1.165, 1.54) is 110 Å². The van der Waals surface area contributed by atoms with Crippen molar-refractivity contribution in [2.45, 2.75) is 5.92 Å². The Balaban J connectivity index is 1.04. The minimum atomic E-state index is 0.169. The van der Waals surface area contributed by atoms with Crippen molar-refractivity contribution in [1.82, 2.24) is 9.13 Å². The summed E-state index contributed by atoms with van der Waals surface area (Å²) in [6.45, 7) is 0. The van der Waals surface area contributed by atoms with Crippen molar-refractivity contribution in [2.24, 2.45) is 0 Å². The van der Waals surface area contributed by atoms with Crippen LogP contribution in [0.25, 0.3) is 99.1 Å². The van der Waals surface area contributed by atoms with Gasteiger partial charge in [-0.1, -0.05) is 158 Å². The van der Waals surface area contributed by atoms with Crippen LogP contribution in [0, 0.1) is 0 Å². The summed E-state index contributed by atoms with van der Waals surface area (Å²) in [6.07, 6.45) is 0. The maximum Gasteiger partial charge on any atom is 0.0547 e. The third kappa shape index (κ3) is 5.22. The largest absolute Gasteiger partial charge is 0.309 e. The summed E-state index contributed by atoms with van der Waals surface area (Å²) in [7, 11) is 0. The van der Waals surface area contributed by atoms with E-state index in [9.17, 15) is 0 Å². The lowest BCUT2D eigenvalue weighted by atomic mass is 9.89. The molecule has 13 rings (SSSR count). The van der Waals surface area contributed by atoms with Crippen molar-refractivity contribution in [2.75, 3.05) is 0 Å². The fourth-order valence-corrected chi connectivity index (χ4v) is 10.4. The smallest absolute Gasteiger partial charge is 0.0547 e. The predicted octanol–water partition coefficient (Wildman–Crippen LogP) is 15.5. The van der Waals surface area contributed by atoms with Crippen LogP contribution in [0.5, 0.6) is 0 Å². The van der Waals surface area contributed by atoms with E-state index in [1.807, 2.05) is 0 Å². The number of nitrogens with zero attached hydrogens (tertiary/aromatic N) is 2. The van der Waals surface area contributed by atoms with Gasteiger partial charge in [-0.25, -0.2) is 0 Å². The molecule has 0 bridgehead atoms. The lowest BCUT2D eigenvalue weighted by molar-refractivity contribution is 1.02. The summed E-state index contributed by atoms with van der Waals surface area (Å²) in [6, 6.07) is 83.1. The molecule has 0 saturated heterocycles. The van der Waals surface area contributed by atoms with Crippen molar-refractivity contribution >= 4 is 54.4 Å². The molecule has 0 fully saturated rings. The molecule has 2 heterocycles. The topological polar surface area (TPSA) is 9.86 Å². The normalized spacial score (nSPS) is 13.4. The van der Waals surface area contributed by atoms with E-state index in [4.69, 9.17) is 0 Å². The molecule has 1 aliphatic rings. The molecular weight excluding hydrogens is 737 g/mol. The molecule has 0 aliphatic heterocycles. The van der Waals surface area contributed by atoms with Crippen molar-refractivity contribution in [3.63, 3.8) is 0 Å². The predicted molar refractivity (Wildman–Crippen MR) is 256 cm³/mol. The van der Waals surface area contributed by atoms with Gasteiger partial charge in [0.1, 0.15) is 0 Å². The zero-order valence-electron chi connectivity index (χ0n) is 33.3. The number of hydrogen-bond acceptors (Lipinski definition) is 0. The van der Waals surface area contributed by atoms with Crippen molar-refractivity contribution in [3.8, 4) is 44.8 Å². The molecule has 284 valence electrons. The van der Waals surface area contributed by atoms with Gasteiger partial charge >= 0.3 is 0 Å². The standard InChI is InChI=1S/C59H38N2/c1-3-14-38(15-4-1)42-20-13-21-45(32-42)61-57-31-28-44(35-52(57)53-36-54-50(37-58(53)61)47-22-9-10-24-49(47)59(54)40-17-5-2-6-18-40)43-27-30-56-51(34-43)48-23-11-12-25-55(48)60(56)46-29-26-39-16-7-8-19-41(39)33-46/h1-37,59H. The van der Waals surface area contributed by atoms with Gasteiger partial charge in [-0.3, -0.25) is 0 Å². The van der Waals surface area contributed by atoms with Crippen LogP contribution in [0.3, 0.4) is 0 Å². The summed E-state index contributed by atoms with van der Waals surface area (Å²) < 4.78 is 4.91. The zero-order valence-corrected chi connectivity index (χ0v) is 33.3. The van der Waals surface area contributed by atoms with Crippen LogP contribution in [0.1, 0.15) is 22.6 Å². The first-order valence-electron chi connectivity index (χ1n) is 21.2. The summed E-state index contributed by atoms with van der Waals surface area (Å²) in [5, 5.41) is 7.52. The molecule has 0 N–H and O–H groups in total. The first kappa shape index (κ1) is 34.0. The van der Waals surface area contributed by atoms with Crippen LogP contribution < -0.4 is 0 Å². The Morgan fingerprint density at radius 3 is 1.69 bits per heavy atom. The van der Waals surface area contributed by atoms with Crippen molar-refractivity contribution in [3.05, 3.63) is 241 Å². The van der Waals surface area contributed by atoms with Crippen LogP contribution in [-0.4, -0.2) is 9.13 Å². The highest BCUT2D eigenvalue weighted by molar-refractivity contribution is 6.14. The number of para-hydroxylation sites is 1. The summed E-state index contributed by atoms with van der Waals surface area (Å²) in [4.78, 5) is 0. The number of hydrogen-bond donors (Lipinski definition) is 0. The maximum absolute atomic E-state index is 2.51. The Labute approximate surface area is 353 Å². The van der Waals surface area contributed by atoms with Gasteiger partial charge in [0.05, 0.1) is 22.1 Å². The number of rotatable bonds is 5. The molecule has 0 radical (unpaired) electrons. The Hall–Kier alpha value is -7.94. The summed E-state index contributed by atoms with van der Waals surface area (Å²) in [5.74, 6) is 0.169. The van der Waals surface area contributed by atoms with Gasteiger partial charge in [-0.15, -0.1) is 0 Å². The van der Waals surface area contributed by atoms with Gasteiger partial charge in [-0.2, -0.15) is 0 Å². The number of fused-ring (bicyclic) bond motifs is 10. The van der Waals surface area contributed by atoms with E-state index in [0.29, 0.717) is 0 Å². The lowest BCUT2D eigenvalue weighted by Gasteiger charge is -2.15. The van der Waals surface area contributed by atoms with E-state index >= 15 is 0 Å². The van der Waals surface area contributed by atoms with E-state index in [1.54, 1.807) is 0 Å². The summed E-state index contributed by atoms with van der Waals surface area (Å²) in [5.41, 5.74) is 18.7. The Bertz CT molecular complexity index is 3700. The zero-order chi connectivity index (χ0) is 40.0. The van der Waals surface area contributed by atoms with Gasteiger partial charge in [-0.05, 0) is 128 Å². The minimum Gasteiger partial charge on any atom is -0.309 e. The maximum atomic E-state index is 2.51. The van der Waals surface area contributed by atoms with Crippen LogP contribution >= 0.6 is 0 Å². The van der Waals surface area contributed by atoms with Gasteiger partial charge in [0.15, 0.2) is 0 Å². The minimum absolute atomic E-state index is 0.169. The quantitative estimate of drug-likeness (QED) is 0.165. The van der Waals surface area contributed by atoms with Crippen molar-refractivity contribution < 1.29 is 0 Å². The number of aromatic nitrogens is 2. The number of benzene rings is 10. The molecular formula is C59H38N2. The highest BCUT2D eigenvalue weighted by Gasteiger charge is 2.31. The van der Waals surface area contributed by atoms with Crippen LogP contribution in [0.2, 0.25) is 0 Å². The monoisotopic (exact) mass is 774 g/mol. The van der Waals surface area contributed by atoms with Gasteiger partial charge < -0.3 is 9.13 Å². The Morgan fingerprint density at radius 1 is 0.279 bits per heavy atom. The third-order valence-corrected chi connectivity index (χ3v) is 13.2. The second kappa shape index (κ2) is 13.3. The third-order valence-electron chi connectivity index (χ3n) is 13.2. The molecule has 0 amide bonds. The lowest BCUT2D eigenvalue weighted by Crippen LogP contribution is -1.99. The van der Waals surface area contributed by atoms with E-state index < -0.39 is 0 Å². The molecule has 10 aromatic carbocycles. The molecule has 1 aliphatic carbocycles. The van der Waals surface area contributed by atoms with E-state index in [2.05, 4.69) is 234 Å². The van der Waals surface area contributed by atoms with Crippen molar-refractivity contribution in [1.29, 1.82) is 0 Å². The van der Waals surface area contributed by atoms with Gasteiger partial charge in [0, 0.05) is 38.8 Å². The fraction of sp³-hybridized carbons (Fsp3) is 0.0169. The van der Waals surface area contributed by atoms with E-state index in [0.717, 1.165) is 5.69 Å². The average Bonchev–Trinajstić information content (AvgIpc) is 3.96. The molecule has 1 unspecified atom stereocenters. The summed E-state index contributed by atoms with van der Waals surface area (Å²) >= 11 is 0. The van der Waals surface area contributed by atoms with E-state index in [-0.39, 0.29) is 5.92 Å². The Kier molecular flexibility index (Phi) is 7.40. The fourth-order valence-electron chi connectivity index (χ4n) is 10.4. The molecule has 12 aromatic rings. The second-order valence-electron chi connectivity index (χ2n) is 16.5. The van der Waals surface area contributed by atoms with Crippen LogP contribution in [0.15, 0.2) is 224 Å². The molecule has 0 saturated carbocycles. The highest BCUT2D eigenvalue weighted by atomic mass is 15.0. The Morgan fingerprint density at radius 2 is 0.869 bits per heavy atom. The molecule has 0 spiro atoms. The molecule has 1 atom stereocenters. The van der Waals surface area contributed by atoms with Crippen LogP contribution in [-0.2, 0) is 0 Å². The molecule has 2 aromatic heterocycles. The SMILES string of the molecule is c1ccc(-c2cccc(-n3c4ccc(-c5ccc6c(c5)c5ccccc5n6-c5ccc6ccccc6c5)cc4c4cc5c(cc43)-c3ccccc3C5c3ccccc3)c2)cc1. The molecule has 2 heteroatoms. The first-order valence-corrected chi connectivity index (χ1v) is 21.2. The van der Waals surface area contributed by atoms with Gasteiger partial charge in [0.2, 0.25) is 0 Å². The van der Waals surface area contributed by atoms with Crippen LogP contribution in [0.4, 0.5) is 0 Å². The molecule has 2 nitrogen and oxygen atoms in total. The average molecular weight is 775 g/mol. The highest BCUT2D eigenvalue weighted by Crippen LogP contribution is 2.51. The first-order chi connectivity index (χ1) is 30.2. The van der Waals surface area contributed by atoms with Gasteiger partial charge in [0.25, 0.3) is 0 Å². The second-order valence-corrected chi connectivity index (χ2v) is 16.5. The molecule has 61 heavy (non-hydrogen) atoms.